The van der Waals surface area contributed by atoms with Gasteiger partial charge in [0.2, 0.25) is 5.91 Å². The predicted octanol–water partition coefficient (Wildman–Crippen LogP) is 3.48. The fourth-order valence-electron chi connectivity index (χ4n) is 4.10. The fourth-order valence-corrected chi connectivity index (χ4v) is 4.10. The van der Waals surface area contributed by atoms with Crippen LogP contribution in [0.5, 0.6) is 11.5 Å². The first kappa shape index (κ1) is 21.5. The van der Waals surface area contributed by atoms with E-state index in [0.29, 0.717) is 23.7 Å². The second-order valence-electron chi connectivity index (χ2n) is 8.18. The van der Waals surface area contributed by atoms with Gasteiger partial charge in [-0.25, -0.2) is 4.98 Å². The molecule has 172 valence electrons. The molecule has 2 amide bonds. The Kier molecular flexibility index (Phi) is 5.86. The number of para-hydroxylation sites is 4. The van der Waals surface area contributed by atoms with Gasteiger partial charge in [-0.15, -0.1) is 0 Å². The molecule has 2 heterocycles. The minimum absolute atomic E-state index is 0.0406. The summed E-state index contributed by atoms with van der Waals surface area (Å²) in [5, 5.41) is 12.7. The van der Waals surface area contributed by atoms with E-state index in [1.807, 2.05) is 60.7 Å². The number of ether oxygens (including phenoxy) is 1. The lowest BCUT2D eigenvalue weighted by molar-refractivity contribution is -0.122. The third-order valence-corrected chi connectivity index (χ3v) is 5.82. The lowest BCUT2D eigenvalue weighted by Gasteiger charge is -2.29. The Balaban J connectivity index is 1.33. The SMILES string of the molecule is O=C(CCN1C(=O)COc2ccccc21)NC(Cc1ccc(O)cc1)c1nc2ccccc2[nH]1. The molecular formula is C26H24N4O4. The van der Waals surface area contributed by atoms with Gasteiger partial charge in [0.05, 0.1) is 22.8 Å². The van der Waals surface area contributed by atoms with Crippen LogP contribution in [-0.4, -0.2) is 40.0 Å². The molecule has 5 rings (SSSR count). The van der Waals surface area contributed by atoms with E-state index < -0.39 is 6.04 Å². The Morgan fingerprint density at radius 3 is 2.68 bits per heavy atom. The van der Waals surface area contributed by atoms with Gasteiger partial charge >= 0.3 is 0 Å². The maximum Gasteiger partial charge on any atom is 0.265 e. The standard InChI is InChI=1S/C26H24N4O4/c31-18-11-9-17(10-12-18)15-21(26-28-19-5-1-2-6-20(19)29-26)27-24(32)13-14-30-22-7-3-4-8-23(22)34-16-25(30)33/h1-12,21,31H,13-16H2,(H,27,32)(H,28,29). The summed E-state index contributed by atoms with van der Waals surface area (Å²) in [7, 11) is 0. The number of aromatic nitrogens is 2. The number of imidazole rings is 1. The van der Waals surface area contributed by atoms with Crippen LogP contribution < -0.4 is 15.0 Å². The number of H-pyrrole nitrogens is 1. The number of rotatable bonds is 7. The Labute approximate surface area is 196 Å². The van der Waals surface area contributed by atoms with Crippen molar-refractivity contribution in [3.8, 4) is 11.5 Å². The van der Waals surface area contributed by atoms with E-state index in [-0.39, 0.29) is 37.1 Å². The minimum atomic E-state index is -0.405. The van der Waals surface area contributed by atoms with Gasteiger partial charge in [0.1, 0.15) is 17.3 Å². The van der Waals surface area contributed by atoms with Crippen LogP contribution in [0.4, 0.5) is 5.69 Å². The number of benzene rings is 3. The van der Waals surface area contributed by atoms with Crippen molar-refractivity contribution in [2.24, 2.45) is 0 Å². The Morgan fingerprint density at radius 1 is 1.09 bits per heavy atom. The number of fused-ring (bicyclic) bond motifs is 2. The van der Waals surface area contributed by atoms with Crippen LogP contribution in [0.25, 0.3) is 11.0 Å². The number of hydrogen-bond donors (Lipinski definition) is 3. The highest BCUT2D eigenvalue weighted by Crippen LogP contribution is 2.31. The van der Waals surface area contributed by atoms with Crippen molar-refractivity contribution in [3.63, 3.8) is 0 Å². The molecular weight excluding hydrogens is 432 g/mol. The van der Waals surface area contributed by atoms with E-state index in [1.165, 1.54) is 0 Å². The summed E-state index contributed by atoms with van der Waals surface area (Å²) in [4.78, 5) is 35.0. The largest absolute Gasteiger partial charge is 0.508 e. The Hall–Kier alpha value is -4.33. The molecule has 3 aromatic carbocycles. The van der Waals surface area contributed by atoms with Crippen molar-refractivity contribution < 1.29 is 19.4 Å². The molecule has 8 nitrogen and oxygen atoms in total. The molecule has 0 saturated heterocycles. The smallest absolute Gasteiger partial charge is 0.265 e. The molecule has 3 N–H and O–H groups in total. The number of phenolic OH excluding ortho intramolecular Hbond substituents is 1. The monoisotopic (exact) mass is 456 g/mol. The molecule has 1 unspecified atom stereocenters. The van der Waals surface area contributed by atoms with Crippen molar-refractivity contribution >= 4 is 28.5 Å². The summed E-state index contributed by atoms with van der Waals surface area (Å²) in [6.45, 7) is 0.207. The molecule has 0 spiro atoms. The summed E-state index contributed by atoms with van der Waals surface area (Å²) in [6, 6.07) is 21.5. The van der Waals surface area contributed by atoms with Crippen molar-refractivity contribution in [3.05, 3.63) is 84.2 Å². The molecule has 4 aromatic rings. The second kappa shape index (κ2) is 9.27. The quantitative estimate of drug-likeness (QED) is 0.395. The number of hydrogen-bond acceptors (Lipinski definition) is 5. The average molecular weight is 457 g/mol. The van der Waals surface area contributed by atoms with Crippen LogP contribution in [0, 0.1) is 0 Å². The topological polar surface area (TPSA) is 108 Å². The molecule has 1 aliphatic rings. The summed E-state index contributed by atoms with van der Waals surface area (Å²) in [5.41, 5.74) is 3.32. The van der Waals surface area contributed by atoms with Gasteiger partial charge in [0.15, 0.2) is 6.61 Å². The zero-order valence-electron chi connectivity index (χ0n) is 18.4. The van der Waals surface area contributed by atoms with Gasteiger partial charge < -0.3 is 25.0 Å². The number of aromatic amines is 1. The van der Waals surface area contributed by atoms with Crippen molar-refractivity contribution in [1.82, 2.24) is 15.3 Å². The minimum Gasteiger partial charge on any atom is -0.508 e. The van der Waals surface area contributed by atoms with Gasteiger partial charge in [-0.1, -0.05) is 36.4 Å². The maximum absolute atomic E-state index is 13.0. The van der Waals surface area contributed by atoms with Gasteiger partial charge in [0, 0.05) is 13.0 Å². The molecule has 8 heteroatoms. The summed E-state index contributed by atoms with van der Waals surface area (Å²) < 4.78 is 5.48. The van der Waals surface area contributed by atoms with E-state index in [2.05, 4.69) is 15.3 Å². The van der Waals surface area contributed by atoms with Crippen LogP contribution in [0.1, 0.15) is 23.9 Å². The van der Waals surface area contributed by atoms with Gasteiger partial charge in [-0.3, -0.25) is 9.59 Å². The summed E-state index contributed by atoms with van der Waals surface area (Å²) in [6.07, 6.45) is 0.623. The molecule has 34 heavy (non-hydrogen) atoms. The van der Waals surface area contributed by atoms with E-state index in [0.717, 1.165) is 16.6 Å². The number of nitrogens with one attached hydrogen (secondary N) is 2. The van der Waals surface area contributed by atoms with Crippen LogP contribution in [-0.2, 0) is 16.0 Å². The highest BCUT2D eigenvalue weighted by atomic mass is 16.5. The maximum atomic E-state index is 13.0. The lowest BCUT2D eigenvalue weighted by Crippen LogP contribution is -2.41. The fraction of sp³-hybridized carbons (Fsp3) is 0.192. The number of amides is 2. The molecule has 0 aliphatic carbocycles. The van der Waals surface area contributed by atoms with E-state index >= 15 is 0 Å². The number of carbonyl (C=O) groups is 2. The van der Waals surface area contributed by atoms with Crippen molar-refractivity contribution in [1.29, 1.82) is 0 Å². The van der Waals surface area contributed by atoms with Crippen molar-refractivity contribution in [2.75, 3.05) is 18.1 Å². The van der Waals surface area contributed by atoms with Crippen LogP contribution in [0.2, 0.25) is 0 Å². The second-order valence-corrected chi connectivity index (χ2v) is 8.18. The zero-order chi connectivity index (χ0) is 23.5. The third-order valence-electron chi connectivity index (χ3n) is 5.82. The molecule has 1 aromatic heterocycles. The molecule has 1 aliphatic heterocycles. The van der Waals surface area contributed by atoms with Crippen LogP contribution in [0.15, 0.2) is 72.8 Å². The number of nitrogens with zero attached hydrogens (tertiary/aromatic N) is 2. The zero-order valence-corrected chi connectivity index (χ0v) is 18.4. The van der Waals surface area contributed by atoms with E-state index in [1.54, 1.807) is 17.0 Å². The predicted molar refractivity (Wildman–Crippen MR) is 128 cm³/mol. The third kappa shape index (κ3) is 4.56. The Bertz CT molecular complexity index is 1300. The first-order chi connectivity index (χ1) is 16.6. The Morgan fingerprint density at radius 2 is 1.85 bits per heavy atom. The first-order valence-electron chi connectivity index (χ1n) is 11.1. The summed E-state index contributed by atoms with van der Waals surface area (Å²) in [5.74, 6) is 1.10. The summed E-state index contributed by atoms with van der Waals surface area (Å²) >= 11 is 0. The lowest BCUT2D eigenvalue weighted by atomic mass is 10.0. The normalized spacial score (nSPS) is 13.9. The number of aromatic hydroxyl groups is 1. The van der Waals surface area contributed by atoms with Crippen LogP contribution in [0.3, 0.4) is 0 Å². The number of anilines is 1. The van der Waals surface area contributed by atoms with E-state index in [9.17, 15) is 14.7 Å². The molecule has 0 fully saturated rings. The highest BCUT2D eigenvalue weighted by Gasteiger charge is 2.26. The average Bonchev–Trinajstić information content (AvgIpc) is 3.29. The molecule has 0 radical (unpaired) electrons. The van der Waals surface area contributed by atoms with Gasteiger partial charge in [-0.2, -0.15) is 0 Å². The van der Waals surface area contributed by atoms with Crippen LogP contribution >= 0.6 is 0 Å². The molecule has 1 atom stereocenters. The van der Waals surface area contributed by atoms with Crippen molar-refractivity contribution in [2.45, 2.75) is 18.9 Å². The number of carbonyl (C=O) groups excluding carboxylic acids is 2. The van der Waals surface area contributed by atoms with E-state index in [4.69, 9.17) is 4.74 Å². The highest BCUT2D eigenvalue weighted by molar-refractivity contribution is 5.98. The first-order valence-corrected chi connectivity index (χ1v) is 11.1. The molecule has 0 saturated carbocycles. The van der Waals surface area contributed by atoms with Gasteiger partial charge in [0.25, 0.3) is 5.91 Å². The molecule has 0 bridgehead atoms. The number of phenols is 1. The van der Waals surface area contributed by atoms with Gasteiger partial charge in [-0.05, 0) is 48.4 Å².